The number of benzene rings is 1. The van der Waals surface area contributed by atoms with E-state index in [1.165, 1.54) is 6.07 Å². The molecular formula is C13H15BrFNO3. The Morgan fingerprint density at radius 3 is 2.74 bits per heavy atom. The molecule has 1 fully saturated rings. The number of hydrogen-bond acceptors (Lipinski definition) is 3. The van der Waals surface area contributed by atoms with Crippen LogP contribution in [0.2, 0.25) is 0 Å². The van der Waals surface area contributed by atoms with E-state index in [1.807, 2.05) is 0 Å². The molecule has 2 N–H and O–H groups in total. The second-order valence-electron chi connectivity index (χ2n) is 4.64. The molecule has 0 bridgehead atoms. The van der Waals surface area contributed by atoms with Crippen molar-refractivity contribution in [3.63, 3.8) is 0 Å². The quantitative estimate of drug-likeness (QED) is 0.835. The zero-order valence-electron chi connectivity index (χ0n) is 10.3. The number of alkyl halides is 1. The summed E-state index contributed by atoms with van der Waals surface area (Å²) >= 11 is 3.41. The van der Waals surface area contributed by atoms with Gasteiger partial charge in [0.1, 0.15) is 11.6 Å². The fourth-order valence-electron chi connectivity index (χ4n) is 2.06. The second kappa shape index (κ2) is 5.88. The average molecular weight is 332 g/mol. The summed E-state index contributed by atoms with van der Waals surface area (Å²) in [7, 11) is 0. The third-order valence-electron chi connectivity index (χ3n) is 3.29. The van der Waals surface area contributed by atoms with E-state index < -0.39 is 11.7 Å². The number of halogens is 2. The smallest absolute Gasteiger partial charge is 0.255 e. The third kappa shape index (κ3) is 3.25. The van der Waals surface area contributed by atoms with E-state index in [0.717, 1.165) is 12.1 Å². The average Bonchev–Trinajstić information content (AvgIpc) is 2.39. The van der Waals surface area contributed by atoms with E-state index in [9.17, 15) is 14.3 Å². The van der Waals surface area contributed by atoms with E-state index in [2.05, 4.69) is 21.2 Å². The highest BCUT2D eigenvalue weighted by molar-refractivity contribution is 9.09. The van der Waals surface area contributed by atoms with Gasteiger partial charge < -0.3 is 15.2 Å². The number of hydrogen-bond donors (Lipinski definition) is 2. The minimum Gasteiger partial charge on any atom is -0.507 e. The molecule has 1 aromatic carbocycles. The molecule has 1 saturated heterocycles. The maximum Gasteiger partial charge on any atom is 0.255 e. The summed E-state index contributed by atoms with van der Waals surface area (Å²) in [5, 5.41) is 13.1. The Bertz CT molecular complexity index is 475. The number of carbonyl (C=O) groups is 1. The lowest BCUT2D eigenvalue weighted by Crippen LogP contribution is -2.53. The Hall–Kier alpha value is -1.14. The normalized spacial score (nSPS) is 18.0. The van der Waals surface area contributed by atoms with Gasteiger partial charge in [-0.05, 0) is 25.0 Å². The molecule has 0 radical (unpaired) electrons. The number of nitrogens with one attached hydrogen (secondary N) is 1. The van der Waals surface area contributed by atoms with Gasteiger partial charge in [0, 0.05) is 24.6 Å². The lowest BCUT2D eigenvalue weighted by molar-refractivity contribution is 0.0441. The molecule has 1 amide bonds. The third-order valence-corrected chi connectivity index (χ3v) is 4.36. The van der Waals surface area contributed by atoms with Crippen molar-refractivity contribution in [2.24, 2.45) is 0 Å². The molecule has 0 atom stereocenters. The minimum atomic E-state index is -0.574. The van der Waals surface area contributed by atoms with Gasteiger partial charge in [-0.15, -0.1) is 0 Å². The van der Waals surface area contributed by atoms with Crippen molar-refractivity contribution in [2.75, 3.05) is 18.5 Å². The highest BCUT2D eigenvalue weighted by atomic mass is 79.9. The Kier molecular flexibility index (Phi) is 4.42. The minimum absolute atomic E-state index is 0.0771. The molecule has 4 nitrogen and oxygen atoms in total. The van der Waals surface area contributed by atoms with Crippen LogP contribution in [-0.4, -0.2) is 35.1 Å². The SMILES string of the molecule is O=C(NC1(CBr)CCOCC1)c1ccc(F)cc1O. The molecule has 0 saturated carbocycles. The number of rotatable bonds is 3. The highest BCUT2D eigenvalue weighted by Gasteiger charge is 2.33. The van der Waals surface area contributed by atoms with Crippen molar-refractivity contribution in [1.29, 1.82) is 0 Å². The van der Waals surface area contributed by atoms with Crippen LogP contribution in [0.25, 0.3) is 0 Å². The number of phenols is 1. The monoisotopic (exact) mass is 331 g/mol. The van der Waals surface area contributed by atoms with Crippen LogP contribution in [0.4, 0.5) is 4.39 Å². The number of amides is 1. The van der Waals surface area contributed by atoms with Crippen LogP contribution in [-0.2, 0) is 4.74 Å². The zero-order valence-corrected chi connectivity index (χ0v) is 11.9. The van der Waals surface area contributed by atoms with Gasteiger partial charge in [-0.3, -0.25) is 4.79 Å². The molecule has 1 aliphatic rings. The molecule has 1 aliphatic heterocycles. The van der Waals surface area contributed by atoms with Gasteiger partial charge in [-0.2, -0.15) is 0 Å². The van der Waals surface area contributed by atoms with Crippen LogP contribution >= 0.6 is 15.9 Å². The Balaban J connectivity index is 2.15. The van der Waals surface area contributed by atoms with Crippen molar-refractivity contribution in [2.45, 2.75) is 18.4 Å². The molecule has 1 heterocycles. The maximum absolute atomic E-state index is 12.9. The van der Waals surface area contributed by atoms with E-state index in [4.69, 9.17) is 4.74 Å². The van der Waals surface area contributed by atoms with Gasteiger partial charge in [0.15, 0.2) is 0 Å². The van der Waals surface area contributed by atoms with Crippen molar-refractivity contribution in [1.82, 2.24) is 5.32 Å². The van der Waals surface area contributed by atoms with E-state index in [0.29, 0.717) is 31.4 Å². The predicted molar refractivity (Wildman–Crippen MR) is 72.1 cm³/mol. The molecule has 0 spiro atoms. The molecule has 19 heavy (non-hydrogen) atoms. The summed E-state index contributed by atoms with van der Waals surface area (Å²) in [6, 6.07) is 3.36. The van der Waals surface area contributed by atoms with Gasteiger partial charge in [0.25, 0.3) is 5.91 Å². The first-order chi connectivity index (χ1) is 9.06. The molecule has 1 aromatic rings. The molecular weight excluding hydrogens is 317 g/mol. The van der Waals surface area contributed by atoms with Gasteiger partial charge >= 0.3 is 0 Å². The largest absolute Gasteiger partial charge is 0.507 e. The van der Waals surface area contributed by atoms with Gasteiger partial charge in [0.2, 0.25) is 0 Å². The molecule has 0 aromatic heterocycles. The molecule has 0 aliphatic carbocycles. The Morgan fingerprint density at radius 1 is 1.47 bits per heavy atom. The topological polar surface area (TPSA) is 58.6 Å². The van der Waals surface area contributed by atoms with Crippen molar-refractivity contribution >= 4 is 21.8 Å². The van der Waals surface area contributed by atoms with Gasteiger partial charge in [0.05, 0.1) is 11.1 Å². The van der Waals surface area contributed by atoms with Crippen LogP contribution in [0.15, 0.2) is 18.2 Å². The van der Waals surface area contributed by atoms with E-state index in [-0.39, 0.29) is 16.9 Å². The number of carbonyl (C=O) groups excluding carboxylic acids is 1. The second-order valence-corrected chi connectivity index (χ2v) is 5.20. The Labute approximate surface area is 119 Å². The van der Waals surface area contributed by atoms with Crippen LogP contribution in [0.5, 0.6) is 5.75 Å². The molecule has 2 rings (SSSR count). The number of ether oxygens (including phenoxy) is 1. The van der Waals surface area contributed by atoms with Crippen molar-refractivity contribution in [3.8, 4) is 5.75 Å². The van der Waals surface area contributed by atoms with Gasteiger partial charge in [-0.25, -0.2) is 4.39 Å². The molecule has 6 heteroatoms. The predicted octanol–water partition coefficient (Wildman–Crippen LogP) is 2.21. The van der Waals surface area contributed by atoms with Crippen LogP contribution < -0.4 is 5.32 Å². The first kappa shape index (κ1) is 14.3. The zero-order chi connectivity index (χ0) is 13.9. The summed E-state index contributed by atoms with van der Waals surface area (Å²) in [5.41, 5.74) is -0.302. The lowest BCUT2D eigenvalue weighted by Gasteiger charge is -2.36. The fraction of sp³-hybridized carbons (Fsp3) is 0.462. The summed E-state index contributed by atoms with van der Waals surface area (Å²) in [4.78, 5) is 12.2. The lowest BCUT2D eigenvalue weighted by atomic mass is 9.92. The van der Waals surface area contributed by atoms with Crippen molar-refractivity contribution in [3.05, 3.63) is 29.6 Å². The van der Waals surface area contributed by atoms with Gasteiger partial charge in [-0.1, -0.05) is 15.9 Å². The molecule has 0 unspecified atom stereocenters. The summed E-state index contributed by atoms with van der Waals surface area (Å²) in [6.07, 6.45) is 1.40. The Morgan fingerprint density at radius 2 is 2.16 bits per heavy atom. The first-order valence-corrected chi connectivity index (χ1v) is 7.13. The number of aromatic hydroxyl groups is 1. The summed E-state index contributed by atoms with van der Waals surface area (Å²) < 4.78 is 18.2. The van der Waals surface area contributed by atoms with Crippen LogP contribution in [0, 0.1) is 5.82 Å². The van der Waals surface area contributed by atoms with Crippen molar-refractivity contribution < 1.29 is 19.0 Å². The van der Waals surface area contributed by atoms with Crippen LogP contribution in [0.3, 0.4) is 0 Å². The number of phenolic OH excluding ortho intramolecular Hbond substituents is 1. The first-order valence-electron chi connectivity index (χ1n) is 6.01. The van der Waals surface area contributed by atoms with E-state index in [1.54, 1.807) is 0 Å². The van der Waals surface area contributed by atoms with E-state index >= 15 is 0 Å². The molecule has 104 valence electrons. The maximum atomic E-state index is 12.9. The summed E-state index contributed by atoms with van der Waals surface area (Å²) in [6.45, 7) is 1.17. The summed E-state index contributed by atoms with van der Waals surface area (Å²) in [5.74, 6) is -1.33. The van der Waals surface area contributed by atoms with Crippen LogP contribution in [0.1, 0.15) is 23.2 Å². The fourth-order valence-corrected chi connectivity index (χ4v) is 2.76. The standard InChI is InChI=1S/C13H15BrFNO3/c14-8-13(3-5-19-6-4-13)16-12(18)10-2-1-9(15)7-11(10)17/h1-2,7,17H,3-6,8H2,(H,16,18). The highest BCUT2D eigenvalue weighted by Crippen LogP contribution is 2.25.